The summed E-state index contributed by atoms with van der Waals surface area (Å²) in [6, 6.07) is 8.28. The zero-order valence-corrected chi connectivity index (χ0v) is 19.9. The molecule has 2 aromatic rings. The molecule has 1 saturated heterocycles. The number of carbonyl (C=O) groups excluding carboxylic acids is 1. The molecule has 1 heterocycles. The molecule has 6 atom stereocenters. The Kier molecular flexibility index (Phi) is 9.05. The Hall–Kier alpha value is -3.44. The third-order valence-electron chi connectivity index (χ3n) is 6.53. The minimum atomic E-state index is -1.30. The third-order valence-corrected chi connectivity index (χ3v) is 6.53. The Labute approximate surface area is 207 Å². The van der Waals surface area contributed by atoms with Crippen LogP contribution in [0.1, 0.15) is 37.4 Å². The number of hydrogen-bond acceptors (Lipinski definition) is 6. The lowest BCUT2D eigenvalue weighted by Crippen LogP contribution is -2.51. The largest absolute Gasteiger partial charge is 0.480 e. The van der Waals surface area contributed by atoms with Gasteiger partial charge in [0.1, 0.15) is 24.2 Å². The van der Waals surface area contributed by atoms with Gasteiger partial charge in [0.25, 0.3) is 0 Å². The first-order valence-corrected chi connectivity index (χ1v) is 11.6. The van der Waals surface area contributed by atoms with Crippen molar-refractivity contribution >= 4 is 11.9 Å². The van der Waals surface area contributed by atoms with Crippen molar-refractivity contribution < 1.29 is 33.1 Å². The van der Waals surface area contributed by atoms with E-state index in [9.17, 15) is 28.5 Å². The summed E-state index contributed by atoms with van der Waals surface area (Å²) in [7, 11) is 0. The van der Waals surface area contributed by atoms with Crippen molar-refractivity contribution in [2.45, 2.75) is 51.1 Å². The average Bonchev–Trinajstić information content (AvgIpc) is 3.23. The molecule has 1 amide bonds. The highest BCUT2D eigenvalue weighted by molar-refractivity contribution is 5.86. The molecule has 9 nitrogen and oxygen atoms in total. The minimum absolute atomic E-state index is 0.205. The zero-order chi connectivity index (χ0) is 26.4. The van der Waals surface area contributed by atoms with Gasteiger partial charge in [-0.25, -0.2) is 8.78 Å². The number of halogens is 2. The maximum Gasteiger partial charge on any atom is 0.322 e. The lowest BCUT2D eigenvalue weighted by Gasteiger charge is -2.32. The Morgan fingerprint density at radius 3 is 2.39 bits per heavy atom. The molecule has 0 aromatic heterocycles. The molecule has 0 saturated carbocycles. The van der Waals surface area contributed by atoms with E-state index in [2.05, 4.69) is 10.6 Å². The number of aliphatic carboxylic acids is 1. The van der Waals surface area contributed by atoms with Crippen LogP contribution in [0, 0.1) is 33.6 Å². The van der Waals surface area contributed by atoms with Gasteiger partial charge in [-0.05, 0) is 29.2 Å². The summed E-state index contributed by atoms with van der Waals surface area (Å²) >= 11 is 0. The Balaban J connectivity index is 2.01. The fourth-order valence-electron chi connectivity index (χ4n) is 4.72. The minimum Gasteiger partial charge on any atom is -0.480 e. The second-order valence-electron chi connectivity index (χ2n) is 8.94. The van der Waals surface area contributed by atoms with E-state index in [1.807, 2.05) is 13.8 Å². The molecular weight excluding hydrogens is 476 g/mol. The number of rotatable bonds is 11. The molecule has 3 N–H and O–H groups in total. The number of nitro groups is 1. The fourth-order valence-corrected chi connectivity index (χ4v) is 4.72. The molecule has 11 heteroatoms. The van der Waals surface area contributed by atoms with Crippen LogP contribution in [0.15, 0.2) is 48.5 Å². The van der Waals surface area contributed by atoms with Gasteiger partial charge in [0.05, 0.1) is 24.7 Å². The van der Waals surface area contributed by atoms with Crippen LogP contribution in [0.4, 0.5) is 8.78 Å². The topological polar surface area (TPSA) is 131 Å². The average molecular weight is 506 g/mol. The second kappa shape index (κ2) is 12.0. The van der Waals surface area contributed by atoms with Crippen molar-refractivity contribution in [3.63, 3.8) is 0 Å². The number of ether oxygens (including phenoxy) is 1. The van der Waals surface area contributed by atoms with Crippen LogP contribution in [0.5, 0.6) is 0 Å². The van der Waals surface area contributed by atoms with E-state index in [0.717, 1.165) is 18.2 Å². The van der Waals surface area contributed by atoms with Crippen molar-refractivity contribution in [2.75, 3.05) is 6.54 Å². The molecule has 0 bridgehead atoms. The lowest BCUT2D eigenvalue weighted by atomic mass is 9.80. The summed E-state index contributed by atoms with van der Waals surface area (Å²) in [6.07, 6.45) is -0.318. The van der Waals surface area contributed by atoms with Crippen LogP contribution >= 0.6 is 0 Å². The number of amides is 1. The standard InChI is InChI=1S/C25H29F2N3O6/c1-3-14(2)24(36-13-15-9-17(26)11-18(27)10-15)20-22(25(33)28-12-19(31)32)29-21(23(20)30(34)35)16-7-5-4-6-8-16/h4-11,14,20-24,29H,3,12-13H2,1-2H3,(H,28,33)(H,31,32)/t14-,20+,21-,22-,23-,24-/m0/s1. The first kappa shape index (κ1) is 27.2. The Morgan fingerprint density at radius 2 is 1.83 bits per heavy atom. The van der Waals surface area contributed by atoms with E-state index in [0.29, 0.717) is 12.0 Å². The van der Waals surface area contributed by atoms with Crippen LogP contribution in [-0.2, 0) is 20.9 Å². The second-order valence-corrected chi connectivity index (χ2v) is 8.94. The monoisotopic (exact) mass is 505 g/mol. The highest BCUT2D eigenvalue weighted by Gasteiger charge is 2.57. The van der Waals surface area contributed by atoms with Crippen LogP contribution in [0.3, 0.4) is 0 Å². The predicted molar refractivity (Wildman–Crippen MR) is 125 cm³/mol. The fraction of sp³-hybridized carbons (Fsp3) is 0.440. The molecule has 0 radical (unpaired) electrons. The van der Waals surface area contributed by atoms with Crippen molar-refractivity contribution in [1.29, 1.82) is 0 Å². The maximum absolute atomic E-state index is 13.7. The molecule has 1 aliphatic heterocycles. The van der Waals surface area contributed by atoms with E-state index in [1.165, 1.54) is 0 Å². The summed E-state index contributed by atoms with van der Waals surface area (Å²) in [5.74, 6) is -4.81. The van der Waals surface area contributed by atoms with Crippen LogP contribution < -0.4 is 10.6 Å². The number of nitrogens with one attached hydrogen (secondary N) is 2. The maximum atomic E-state index is 13.7. The van der Waals surface area contributed by atoms with Crippen molar-refractivity contribution in [3.05, 3.63) is 81.4 Å². The molecular formula is C25H29F2N3O6. The van der Waals surface area contributed by atoms with Crippen LogP contribution in [-0.4, -0.2) is 46.6 Å². The summed E-state index contributed by atoms with van der Waals surface area (Å²) in [6.45, 7) is 2.79. The van der Waals surface area contributed by atoms with Crippen LogP contribution in [0.25, 0.3) is 0 Å². The van der Waals surface area contributed by atoms with Gasteiger partial charge in [-0.1, -0.05) is 50.6 Å². The van der Waals surface area contributed by atoms with Gasteiger partial charge >= 0.3 is 5.97 Å². The van der Waals surface area contributed by atoms with Gasteiger partial charge in [-0.3, -0.25) is 25.0 Å². The predicted octanol–water partition coefficient (Wildman–Crippen LogP) is 3.07. The van der Waals surface area contributed by atoms with E-state index in [4.69, 9.17) is 9.84 Å². The third kappa shape index (κ3) is 6.41. The number of hydrogen-bond donors (Lipinski definition) is 3. The Morgan fingerprint density at radius 1 is 1.19 bits per heavy atom. The highest BCUT2D eigenvalue weighted by Crippen LogP contribution is 2.39. The summed E-state index contributed by atoms with van der Waals surface area (Å²) in [5.41, 5.74) is 0.795. The lowest BCUT2D eigenvalue weighted by molar-refractivity contribution is -0.535. The van der Waals surface area contributed by atoms with Crippen molar-refractivity contribution in [1.82, 2.24) is 10.6 Å². The molecule has 3 rings (SSSR count). The molecule has 1 fully saturated rings. The van der Waals surface area contributed by atoms with Gasteiger partial charge in [-0.2, -0.15) is 0 Å². The smallest absolute Gasteiger partial charge is 0.322 e. The first-order valence-electron chi connectivity index (χ1n) is 11.6. The van der Waals surface area contributed by atoms with Crippen molar-refractivity contribution in [2.24, 2.45) is 11.8 Å². The molecule has 1 aliphatic rings. The van der Waals surface area contributed by atoms with Crippen LogP contribution in [0.2, 0.25) is 0 Å². The normalized spacial score (nSPS) is 23.1. The zero-order valence-electron chi connectivity index (χ0n) is 19.9. The van der Waals surface area contributed by atoms with E-state index >= 15 is 0 Å². The number of nitrogens with zero attached hydrogens (tertiary/aromatic N) is 1. The molecule has 0 unspecified atom stereocenters. The summed E-state index contributed by atoms with van der Waals surface area (Å²) < 4.78 is 33.5. The van der Waals surface area contributed by atoms with E-state index < -0.39 is 65.1 Å². The van der Waals surface area contributed by atoms with Gasteiger partial charge in [0, 0.05) is 11.0 Å². The number of carboxylic acid groups (broad SMARTS) is 1. The Bertz CT molecular complexity index is 1070. The number of carboxylic acids is 1. The van der Waals surface area contributed by atoms with Crippen molar-refractivity contribution in [3.8, 4) is 0 Å². The summed E-state index contributed by atoms with van der Waals surface area (Å²) in [4.78, 5) is 36.0. The van der Waals surface area contributed by atoms with Gasteiger partial charge in [0.15, 0.2) is 0 Å². The molecule has 2 aromatic carbocycles. The number of carbonyl (C=O) groups is 2. The first-order chi connectivity index (χ1) is 17.1. The SMILES string of the molecule is CC[C@H](C)[C@H](OCc1cc(F)cc(F)c1)[C@H]1[C@H]([N+](=O)[O-])[C@H](c2ccccc2)N[C@@H]1C(=O)NCC(=O)O. The number of benzene rings is 2. The molecule has 194 valence electrons. The molecule has 0 aliphatic carbocycles. The van der Waals surface area contributed by atoms with E-state index in [-0.39, 0.29) is 18.1 Å². The van der Waals surface area contributed by atoms with Gasteiger partial charge in [-0.15, -0.1) is 0 Å². The van der Waals surface area contributed by atoms with Gasteiger partial charge in [0.2, 0.25) is 11.9 Å². The molecule has 36 heavy (non-hydrogen) atoms. The summed E-state index contributed by atoms with van der Waals surface area (Å²) in [5, 5.41) is 26.7. The quantitative estimate of drug-likeness (QED) is 0.316. The van der Waals surface area contributed by atoms with E-state index in [1.54, 1.807) is 30.3 Å². The van der Waals surface area contributed by atoms with Gasteiger partial charge < -0.3 is 15.2 Å². The molecule has 0 spiro atoms. The highest BCUT2D eigenvalue weighted by atomic mass is 19.1.